The number of hydrogen-bond acceptors (Lipinski definition) is 2. The van der Waals surface area contributed by atoms with Crippen molar-refractivity contribution in [3.63, 3.8) is 0 Å². The molecule has 0 saturated heterocycles. The van der Waals surface area contributed by atoms with Gasteiger partial charge in [-0.15, -0.1) is 0 Å². The Balaban J connectivity index is 0.00000106. The first-order valence-corrected chi connectivity index (χ1v) is 6.88. The van der Waals surface area contributed by atoms with Crippen molar-refractivity contribution >= 4 is 0 Å². The fourth-order valence-corrected chi connectivity index (χ4v) is 2.11. The highest BCUT2D eigenvalue weighted by Crippen LogP contribution is 2.23. The monoisotopic (exact) mass is 226 g/mol. The summed E-state index contributed by atoms with van der Waals surface area (Å²) in [5.41, 5.74) is 1.50. The summed E-state index contributed by atoms with van der Waals surface area (Å²) >= 11 is 0. The van der Waals surface area contributed by atoms with Crippen LogP contribution in [0.3, 0.4) is 0 Å². The van der Waals surface area contributed by atoms with Gasteiger partial charge in [0.15, 0.2) is 0 Å². The smallest absolute Gasteiger partial charge is 0.0205 e. The molecule has 2 nitrogen and oxygen atoms in total. The van der Waals surface area contributed by atoms with E-state index in [9.17, 15) is 0 Å². The Hall–Kier alpha value is -0.500. The average Bonchev–Trinajstić information content (AvgIpc) is 2.74. The first kappa shape index (κ1) is 15.5. The minimum absolute atomic E-state index is 0.721. The summed E-state index contributed by atoms with van der Waals surface area (Å²) in [5.74, 6) is 1.47. The van der Waals surface area contributed by atoms with E-state index in [2.05, 4.69) is 30.6 Å². The molecule has 0 aromatic rings. The fraction of sp³-hybridized carbons (Fsp3) is 0.857. The van der Waals surface area contributed by atoms with Crippen LogP contribution < -0.4 is 10.6 Å². The Labute approximate surface area is 102 Å². The quantitative estimate of drug-likeness (QED) is 0.727. The lowest BCUT2D eigenvalue weighted by molar-refractivity contribution is 0.478. The second kappa shape index (κ2) is 9.71. The van der Waals surface area contributed by atoms with Crippen molar-refractivity contribution in [1.82, 2.24) is 10.6 Å². The predicted octanol–water partition coefficient (Wildman–Crippen LogP) is 3.16. The van der Waals surface area contributed by atoms with Crippen LogP contribution in [-0.2, 0) is 0 Å². The summed E-state index contributed by atoms with van der Waals surface area (Å²) in [5, 5.41) is 6.77. The highest BCUT2D eigenvalue weighted by atomic mass is 14.9. The molecule has 96 valence electrons. The van der Waals surface area contributed by atoms with Crippen LogP contribution in [0.2, 0.25) is 0 Å². The van der Waals surface area contributed by atoms with Crippen molar-refractivity contribution in [2.24, 2.45) is 11.8 Å². The first-order valence-electron chi connectivity index (χ1n) is 6.88. The standard InChI is InChI=1S/C12H24N2.C2H6/c1-4-5-11(6-7-13-3)12-8-10(2)9-14-12;1-2/h8,10-11,13-14H,4-7,9H2,1-3H3;1-2H3. The Bertz CT molecular complexity index is 187. The molecule has 1 aliphatic heterocycles. The van der Waals surface area contributed by atoms with E-state index >= 15 is 0 Å². The van der Waals surface area contributed by atoms with E-state index in [0.717, 1.165) is 24.9 Å². The van der Waals surface area contributed by atoms with Crippen LogP contribution in [0, 0.1) is 11.8 Å². The van der Waals surface area contributed by atoms with Gasteiger partial charge in [0, 0.05) is 12.2 Å². The largest absolute Gasteiger partial charge is 0.388 e. The maximum Gasteiger partial charge on any atom is 0.0205 e. The van der Waals surface area contributed by atoms with Crippen molar-refractivity contribution in [2.75, 3.05) is 20.1 Å². The van der Waals surface area contributed by atoms with Crippen molar-refractivity contribution in [3.05, 3.63) is 11.8 Å². The van der Waals surface area contributed by atoms with Gasteiger partial charge in [-0.1, -0.05) is 40.2 Å². The third kappa shape index (κ3) is 5.55. The first-order chi connectivity index (χ1) is 7.77. The third-order valence-electron chi connectivity index (χ3n) is 2.91. The zero-order valence-corrected chi connectivity index (χ0v) is 11.8. The Kier molecular flexibility index (Phi) is 9.40. The molecule has 2 N–H and O–H groups in total. The molecule has 0 spiro atoms. The summed E-state index contributed by atoms with van der Waals surface area (Å²) in [4.78, 5) is 0. The van der Waals surface area contributed by atoms with Gasteiger partial charge in [-0.25, -0.2) is 0 Å². The van der Waals surface area contributed by atoms with Crippen LogP contribution in [0.1, 0.15) is 47.0 Å². The van der Waals surface area contributed by atoms with Crippen LogP contribution in [0.4, 0.5) is 0 Å². The minimum Gasteiger partial charge on any atom is -0.388 e. The Morgan fingerprint density at radius 1 is 1.44 bits per heavy atom. The van der Waals surface area contributed by atoms with E-state index in [4.69, 9.17) is 0 Å². The molecule has 1 rings (SSSR count). The molecule has 0 aliphatic carbocycles. The van der Waals surface area contributed by atoms with Gasteiger partial charge in [-0.3, -0.25) is 0 Å². The van der Waals surface area contributed by atoms with Crippen molar-refractivity contribution in [1.29, 1.82) is 0 Å². The van der Waals surface area contributed by atoms with Crippen LogP contribution in [0.15, 0.2) is 11.8 Å². The molecule has 0 bridgehead atoms. The molecule has 0 radical (unpaired) electrons. The molecular weight excluding hydrogens is 196 g/mol. The lowest BCUT2D eigenvalue weighted by Gasteiger charge is -2.18. The van der Waals surface area contributed by atoms with E-state index in [1.54, 1.807) is 0 Å². The summed E-state index contributed by atoms with van der Waals surface area (Å²) in [6.45, 7) is 10.8. The normalized spacial score (nSPS) is 20.6. The molecule has 0 saturated carbocycles. The molecule has 2 heteroatoms. The van der Waals surface area contributed by atoms with E-state index in [1.807, 2.05) is 20.9 Å². The summed E-state index contributed by atoms with van der Waals surface area (Å²) in [7, 11) is 2.03. The van der Waals surface area contributed by atoms with Gasteiger partial charge in [0.2, 0.25) is 0 Å². The molecular formula is C14H30N2. The molecule has 16 heavy (non-hydrogen) atoms. The zero-order valence-electron chi connectivity index (χ0n) is 11.8. The molecule has 2 atom stereocenters. The predicted molar refractivity (Wildman–Crippen MR) is 73.5 cm³/mol. The summed E-state index contributed by atoms with van der Waals surface area (Å²) in [6, 6.07) is 0. The van der Waals surface area contributed by atoms with E-state index in [1.165, 1.54) is 25.0 Å². The van der Waals surface area contributed by atoms with Gasteiger partial charge >= 0.3 is 0 Å². The van der Waals surface area contributed by atoms with Crippen LogP contribution in [0.25, 0.3) is 0 Å². The topological polar surface area (TPSA) is 24.1 Å². The lowest BCUT2D eigenvalue weighted by Crippen LogP contribution is -2.21. The van der Waals surface area contributed by atoms with Gasteiger partial charge in [0.05, 0.1) is 0 Å². The fourth-order valence-electron chi connectivity index (χ4n) is 2.11. The van der Waals surface area contributed by atoms with Gasteiger partial charge in [-0.2, -0.15) is 0 Å². The molecule has 0 aromatic carbocycles. The zero-order chi connectivity index (χ0) is 12.4. The number of rotatable bonds is 6. The molecule has 0 amide bonds. The van der Waals surface area contributed by atoms with Crippen LogP contribution in [0.5, 0.6) is 0 Å². The molecule has 0 fully saturated rings. The average molecular weight is 226 g/mol. The second-order valence-electron chi connectivity index (χ2n) is 4.36. The highest BCUT2D eigenvalue weighted by Gasteiger charge is 2.18. The van der Waals surface area contributed by atoms with Crippen LogP contribution >= 0.6 is 0 Å². The Morgan fingerprint density at radius 3 is 2.56 bits per heavy atom. The van der Waals surface area contributed by atoms with E-state index < -0.39 is 0 Å². The van der Waals surface area contributed by atoms with Crippen molar-refractivity contribution in [3.8, 4) is 0 Å². The summed E-state index contributed by atoms with van der Waals surface area (Å²) < 4.78 is 0. The lowest BCUT2D eigenvalue weighted by atomic mass is 9.95. The number of hydrogen-bond donors (Lipinski definition) is 2. The van der Waals surface area contributed by atoms with Gasteiger partial charge in [0.25, 0.3) is 0 Å². The number of nitrogens with one attached hydrogen (secondary N) is 2. The minimum atomic E-state index is 0.721. The van der Waals surface area contributed by atoms with E-state index in [-0.39, 0.29) is 0 Å². The number of allylic oxidation sites excluding steroid dienone is 1. The van der Waals surface area contributed by atoms with E-state index in [0.29, 0.717) is 0 Å². The van der Waals surface area contributed by atoms with Crippen LogP contribution in [-0.4, -0.2) is 20.1 Å². The highest BCUT2D eigenvalue weighted by molar-refractivity contribution is 5.12. The molecule has 1 aliphatic rings. The molecule has 2 unspecified atom stereocenters. The Morgan fingerprint density at radius 2 is 2.12 bits per heavy atom. The molecule has 1 heterocycles. The van der Waals surface area contributed by atoms with Crippen molar-refractivity contribution in [2.45, 2.75) is 47.0 Å². The maximum absolute atomic E-state index is 3.53. The SMILES string of the molecule is CC.CCCC(CCNC)C1=CC(C)CN1. The van der Waals surface area contributed by atoms with Gasteiger partial charge < -0.3 is 10.6 Å². The summed E-state index contributed by atoms with van der Waals surface area (Å²) in [6.07, 6.45) is 6.26. The molecule has 0 aromatic heterocycles. The second-order valence-corrected chi connectivity index (χ2v) is 4.36. The van der Waals surface area contributed by atoms with Gasteiger partial charge in [0.1, 0.15) is 0 Å². The van der Waals surface area contributed by atoms with Gasteiger partial charge in [-0.05, 0) is 38.3 Å². The third-order valence-corrected chi connectivity index (χ3v) is 2.91. The maximum atomic E-state index is 3.53. The van der Waals surface area contributed by atoms with Crippen molar-refractivity contribution < 1.29 is 0 Å².